The van der Waals surface area contributed by atoms with Gasteiger partial charge in [-0.2, -0.15) is 0 Å². The summed E-state index contributed by atoms with van der Waals surface area (Å²) in [5, 5.41) is 0.930. The first-order valence-electron chi connectivity index (χ1n) is 9.03. The van der Waals surface area contributed by atoms with Gasteiger partial charge in [0.15, 0.2) is 15.0 Å². The minimum atomic E-state index is -2.95. The Morgan fingerprint density at radius 3 is 2.52 bits per heavy atom. The first-order chi connectivity index (χ1) is 13.0. The van der Waals surface area contributed by atoms with Gasteiger partial charge in [-0.1, -0.05) is 42.1 Å². The van der Waals surface area contributed by atoms with E-state index in [2.05, 4.69) is 17.0 Å². The fourth-order valence-electron chi connectivity index (χ4n) is 3.40. The van der Waals surface area contributed by atoms with E-state index in [0.29, 0.717) is 13.2 Å². The van der Waals surface area contributed by atoms with Crippen LogP contribution in [0, 0.1) is 0 Å². The second kappa shape index (κ2) is 7.56. The highest BCUT2D eigenvalue weighted by Crippen LogP contribution is 2.37. The molecule has 1 saturated heterocycles. The number of rotatable bonds is 5. The van der Waals surface area contributed by atoms with Crippen molar-refractivity contribution in [2.45, 2.75) is 24.8 Å². The van der Waals surface area contributed by atoms with Crippen molar-refractivity contribution in [1.29, 1.82) is 0 Å². The topological polar surface area (TPSA) is 59.0 Å². The molecule has 4 rings (SSSR count). The van der Waals surface area contributed by atoms with Crippen LogP contribution in [0.2, 0.25) is 0 Å². The Morgan fingerprint density at radius 1 is 1.11 bits per heavy atom. The molecule has 2 aliphatic rings. The van der Waals surface area contributed by atoms with Crippen LogP contribution in [0.3, 0.4) is 0 Å². The second-order valence-corrected chi connectivity index (χ2v) is 10.1. The molecule has 27 heavy (non-hydrogen) atoms. The van der Waals surface area contributed by atoms with Crippen LogP contribution in [-0.2, 0) is 16.4 Å². The normalized spacial score (nSPS) is 22.9. The highest BCUT2D eigenvalue weighted by atomic mass is 32.2. The number of ether oxygens (including phenoxy) is 1. The van der Waals surface area contributed by atoms with Crippen molar-refractivity contribution < 1.29 is 13.2 Å². The highest BCUT2D eigenvalue weighted by molar-refractivity contribution is 8.15. The first kappa shape index (κ1) is 18.4. The molecule has 0 radical (unpaired) electrons. The quantitative estimate of drug-likeness (QED) is 0.768. The van der Waals surface area contributed by atoms with Crippen LogP contribution in [0.5, 0.6) is 5.75 Å². The van der Waals surface area contributed by atoms with E-state index in [9.17, 15) is 8.42 Å². The predicted octanol–water partition coefficient (Wildman–Crippen LogP) is 3.36. The fraction of sp³-hybridized carbons (Fsp3) is 0.350. The van der Waals surface area contributed by atoms with E-state index in [1.54, 1.807) is 11.8 Å². The van der Waals surface area contributed by atoms with Crippen LogP contribution < -0.4 is 9.64 Å². The molecule has 2 atom stereocenters. The third-order valence-corrected chi connectivity index (χ3v) is 7.93. The molecule has 0 aromatic heterocycles. The monoisotopic (exact) mass is 402 g/mol. The molecule has 142 valence electrons. The molecule has 0 amide bonds. The first-order valence-corrected chi connectivity index (χ1v) is 11.7. The fourth-order valence-corrected chi connectivity index (χ4v) is 7.18. The molecular formula is C20H22N2O3S2. The summed E-state index contributed by atoms with van der Waals surface area (Å²) >= 11 is 1.59. The van der Waals surface area contributed by atoms with Gasteiger partial charge in [0.05, 0.1) is 30.7 Å². The van der Waals surface area contributed by atoms with Crippen molar-refractivity contribution in [3.8, 4) is 5.75 Å². The molecule has 2 aromatic carbocycles. The third-order valence-electron chi connectivity index (χ3n) is 4.68. The Kier molecular flexibility index (Phi) is 5.14. The lowest BCUT2D eigenvalue weighted by Gasteiger charge is -2.25. The van der Waals surface area contributed by atoms with Gasteiger partial charge in [0.25, 0.3) is 0 Å². The number of nitrogens with zero attached hydrogens (tertiary/aromatic N) is 2. The van der Waals surface area contributed by atoms with E-state index in [1.165, 1.54) is 5.56 Å². The summed E-state index contributed by atoms with van der Waals surface area (Å²) in [7, 11) is -2.95. The smallest absolute Gasteiger partial charge is 0.164 e. The van der Waals surface area contributed by atoms with Crippen LogP contribution in [0.25, 0.3) is 0 Å². The minimum absolute atomic E-state index is 0.0333. The second-order valence-electron chi connectivity index (χ2n) is 6.71. The molecule has 2 aromatic rings. The van der Waals surface area contributed by atoms with Crippen LogP contribution >= 0.6 is 11.8 Å². The number of thioether (sulfide) groups is 1. The number of amidine groups is 1. The number of fused-ring (bicyclic) bond motifs is 1. The van der Waals surface area contributed by atoms with E-state index in [1.807, 2.05) is 49.4 Å². The van der Waals surface area contributed by atoms with Crippen molar-refractivity contribution in [2.75, 3.05) is 23.0 Å². The minimum Gasteiger partial charge on any atom is -0.494 e. The number of sulfone groups is 1. The van der Waals surface area contributed by atoms with Gasteiger partial charge < -0.3 is 9.64 Å². The van der Waals surface area contributed by atoms with Crippen LogP contribution in [0.1, 0.15) is 12.5 Å². The number of hydrogen-bond donors (Lipinski definition) is 0. The molecule has 0 saturated carbocycles. The molecule has 0 N–H and O–H groups in total. The van der Waals surface area contributed by atoms with Crippen LogP contribution in [-0.4, -0.2) is 43.0 Å². The number of aliphatic imine (C=N–C) groups is 1. The molecule has 5 nitrogen and oxygen atoms in total. The van der Waals surface area contributed by atoms with E-state index in [-0.39, 0.29) is 22.8 Å². The standard InChI is InChI=1S/C20H22N2O3S2/c1-2-25-17-10-8-16(9-11-17)22(12-15-6-4-3-5-7-15)20-21-18-13-27(23,24)14-19(18)26-20/h3-11,18-19H,2,12-14H2,1H3/t18-,19+/m0/s1. The summed E-state index contributed by atoms with van der Waals surface area (Å²) in [5.41, 5.74) is 2.20. The molecule has 2 aliphatic heterocycles. The van der Waals surface area contributed by atoms with Gasteiger partial charge in [0.1, 0.15) is 5.75 Å². The molecular weight excluding hydrogens is 380 g/mol. The van der Waals surface area contributed by atoms with Gasteiger partial charge in [0.2, 0.25) is 0 Å². The molecule has 7 heteroatoms. The Balaban J connectivity index is 1.62. The van der Waals surface area contributed by atoms with Gasteiger partial charge in [0, 0.05) is 10.9 Å². The van der Waals surface area contributed by atoms with Crippen molar-refractivity contribution in [1.82, 2.24) is 0 Å². The van der Waals surface area contributed by atoms with E-state index in [4.69, 9.17) is 9.73 Å². The number of benzene rings is 2. The van der Waals surface area contributed by atoms with E-state index < -0.39 is 9.84 Å². The van der Waals surface area contributed by atoms with Gasteiger partial charge in [-0.3, -0.25) is 4.99 Å². The summed E-state index contributed by atoms with van der Waals surface area (Å²) in [4.78, 5) is 6.94. The highest BCUT2D eigenvalue weighted by Gasteiger charge is 2.43. The lowest BCUT2D eigenvalue weighted by Crippen LogP contribution is -2.28. The van der Waals surface area contributed by atoms with Crippen molar-refractivity contribution in [3.63, 3.8) is 0 Å². The zero-order valence-electron chi connectivity index (χ0n) is 15.1. The van der Waals surface area contributed by atoms with Crippen LogP contribution in [0.4, 0.5) is 5.69 Å². The summed E-state index contributed by atoms with van der Waals surface area (Å²) in [5.74, 6) is 1.22. The number of hydrogen-bond acceptors (Lipinski definition) is 6. The Labute approximate surface area is 164 Å². The zero-order chi connectivity index (χ0) is 18.9. The molecule has 0 aliphatic carbocycles. The predicted molar refractivity (Wildman–Crippen MR) is 111 cm³/mol. The molecule has 2 heterocycles. The average molecular weight is 403 g/mol. The summed E-state index contributed by atoms with van der Waals surface area (Å²) in [6.45, 7) is 3.28. The summed E-state index contributed by atoms with van der Waals surface area (Å²) in [6.07, 6.45) is 0. The van der Waals surface area contributed by atoms with Crippen molar-refractivity contribution in [2.24, 2.45) is 4.99 Å². The van der Waals surface area contributed by atoms with Crippen molar-refractivity contribution in [3.05, 3.63) is 60.2 Å². The maximum absolute atomic E-state index is 11.9. The maximum Gasteiger partial charge on any atom is 0.164 e. The Morgan fingerprint density at radius 2 is 1.85 bits per heavy atom. The average Bonchev–Trinajstić information content (AvgIpc) is 3.15. The third kappa shape index (κ3) is 4.14. The lowest BCUT2D eigenvalue weighted by atomic mass is 10.2. The summed E-state index contributed by atoms with van der Waals surface area (Å²) < 4.78 is 29.3. The van der Waals surface area contributed by atoms with Gasteiger partial charge in [-0.15, -0.1) is 0 Å². The lowest BCUT2D eigenvalue weighted by molar-refractivity contribution is 0.340. The number of anilines is 1. The van der Waals surface area contributed by atoms with Crippen LogP contribution in [0.15, 0.2) is 59.6 Å². The molecule has 1 fully saturated rings. The zero-order valence-corrected chi connectivity index (χ0v) is 16.7. The summed E-state index contributed by atoms with van der Waals surface area (Å²) in [6, 6.07) is 18.1. The molecule has 0 spiro atoms. The Bertz CT molecular complexity index is 927. The van der Waals surface area contributed by atoms with Crippen molar-refractivity contribution >= 4 is 32.5 Å². The van der Waals surface area contributed by atoms with E-state index >= 15 is 0 Å². The molecule has 0 unspecified atom stereocenters. The molecule has 0 bridgehead atoms. The Hall–Kier alpha value is -1.99. The van der Waals surface area contributed by atoms with E-state index in [0.717, 1.165) is 16.6 Å². The largest absolute Gasteiger partial charge is 0.494 e. The maximum atomic E-state index is 11.9. The van der Waals surface area contributed by atoms with Gasteiger partial charge in [-0.05, 0) is 36.8 Å². The van der Waals surface area contributed by atoms with Gasteiger partial charge >= 0.3 is 0 Å². The SMILES string of the molecule is CCOc1ccc(N(Cc2ccccc2)C2=N[C@H]3CS(=O)(=O)C[C@H]3S2)cc1. The van der Waals surface area contributed by atoms with Gasteiger partial charge in [-0.25, -0.2) is 8.42 Å².